The minimum absolute atomic E-state index is 0.0313. The molecule has 0 amide bonds. The third-order valence-electron chi connectivity index (χ3n) is 3.86. The van der Waals surface area contributed by atoms with E-state index in [-0.39, 0.29) is 12.1 Å². The van der Waals surface area contributed by atoms with Crippen LogP contribution in [0.1, 0.15) is 17.4 Å². The van der Waals surface area contributed by atoms with E-state index in [1.807, 2.05) is 0 Å². The first-order valence-corrected chi connectivity index (χ1v) is 7.81. The molecule has 1 aromatic carbocycles. The zero-order chi connectivity index (χ0) is 18.4. The van der Waals surface area contributed by atoms with E-state index < -0.39 is 17.7 Å². The van der Waals surface area contributed by atoms with E-state index in [1.165, 1.54) is 24.5 Å². The Kier molecular flexibility index (Phi) is 6.40. The average Bonchev–Trinajstić information content (AvgIpc) is 2.97. The normalized spacial score (nSPS) is 13.2. The highest BCUT2D eigenvalue weighted by Gasteiger charge is 2.22. The number of aliphatic imine (C=N–C) groups is 1. The van der Waals surface area contributed by atoms with Crippen LogP contribution in [0.25, 0.3) is 0 Å². The molecule has 7 nitrogen and oxygen atoms in total. The molecule has 1 heterocycles. The van der Waals surface area contributed by atoms with E-state index in [4.69, 9.17) is 0 Å². The summed E-state index contributed by atoms with van der Waals surface area (Å²) in [5.41, 5.74) is 0.0313. The Balaban J connectivity index is 2.03. The van der Waals surface area contributed by atoms with Gasteiger partial charge in [-0.2, -0.15) is 5.10 Å². The van der Waals surface area contributed by atoms with E-state index in [1.54, 1.807) is 37.8 Å². The highest BCUT2D eigenvalue weighted by molar-refractivity contribution is 5.79. The van der Waals surface area contributed by atoms with Crippen LogP contribution in [-0.2, 0) is 13.6 Å². The topological polar surface area (TPSA) is 70.4 Å². The number of nitrogens with one attached hydrogen (secondary N) is 2. The van der Waals surface area contributed by atoms with Crippen LogP contribution in [0, 0.1) is 11.6 Å². The van der Waals surface area contributed by atoms with Gasteiger partial charge in [0.1, 0.15) is 23.8 Å². The molecule has 2 aromatic rings. The fourth-order valence-electron chi connectivity index (χ4n) is 2.43. The first-order chi connectivity index (χ1) is 11.9. The van der Waals surface area contributed by atoms with Gasteiger partial charge in [0.05, 0.1) is 12.6 Å². The minimum atomic E-state index is -0.567. The molecule has 0 radical (unpaired) electrons. The van der Waals surface area contributed by atoms with Crippen molar-refractivity contribution in [1.29, 1.82) is 0 Å². The molecule has 0 saturated heterocycles. The molecular weight excluding hydrogens is 328 g/mol. The lowest BCUT2D eigenvalue weighted by atomic mass is 10.0. The number of hydrogen-bond donors (Lipinski definition) is 2. The van der Waals surface area contributed by atoms with Crippen LogP contribution in [-0.4, -0.2) is 53.3 Å². The van der Waals surface area contributed by atoms with Crippen LogP contribution in [0.4, 0.5) is 8.78 Å². The molecule has 0 spiro atoms. The Morgan fingerprint density at radius 1 is 1.28 bits per heavy atom. The van der Waals surface area contributed by atoms with Gasteiger partial charge in [0.15, 0.2) is 5.96 Å². The molecule has 1 aromatic heterocycles. The molecule has 0 aliphatic heterocycles. The van der Waals surface area contributed by atoms with Crippen molar-refractivity contribution in [2.75, 3.05) is 27.7 Å². The maximum absolute atomic E-state index is 14.1. The number of hydrogen-bond acceptors (Lipinski definition) is 4. The Labute approximate surface area is 145 Å². The summed E-state index contributed by atoms with van der Waals surface area (Å²) in [4.78, 5) is 9.99. The van der Waals surface area contributed by atoms with Gasteiger partial charge in [-0.15, -0.1) is 0 Å². The quantitative estimate of drug-likeness (QED) is 0.602. The molecule has 9 heteroatoms. The van der Waals surface area contributed by atoms with Gasteiger partial charge < -0.3 is 15.5 Å². The molecule has 1 unspecified atom stereocenters. The molecule has 0 bridgehead atoms. The maximum Gasteiger partial charge on any atom is 0.191 e. The maximum atomic E-state index is 14.1. The molecular formula is C16H23F2N7. The van der Waals surface area contributed by atoms with Crippen LogP contribution in [0.5, 0.6) is 0 Å². The molecule has 0 aliphatic rings. The summed E-state index contributed by atoms with van der Waals surface area (Å²) >= 11 is 0. The summed E-state index contributed by atoms with van der Waals surface area (Å²) < 4.78 is 29.8. The van der Waals surface area contributed by atoms with Crippen LogP contribution < -0.4 is 10.6 Å². The van der Waals surface area contributed by atoms with Crippen LogP contribution >= 0.6 is 0 Å². The number of aromatic nitrogens is 3. The summed E-state index contributed by atoms with van der Waals surface area (Å²) in [6.07, 6.45) is 1.47. The van der Waals surface area contributed by atoms with Crippen molar-refractivity contribution >= 4 is 5.96 Å². The van der Waals surface area contributed by atoms with Crippen LogP contribution in [0.15, 0.2) is 29.5 Å². The number of guanidine groups is 1. The predicted molar refractivity (Wildman–Crippen MR) is 92.0 cm³/mol. The fraction of sp³-hybridized carbons (Fsp3) is 0.438. The predicted octanol–water partition coefficient (Wildman–Crippen LogP) is 1.06. The van der Waals surface area contributed by atoms with Crippen molar-refractivity contribution in [3.63, 3.8) is 0 Å². The summed E-state index contributed by atoms with van der Waals surface area (Å²) in [7, 11) is 6.96. The molecule has 25 heavy (non-hydrogen) atoms. The molecule has 0 fully saturated rings. The number of benzene rings is 1. The van der Waals surface area contributed by atoms with Crippen molar-refractivity contribution in [2.45, 2.75) is 12.6 Å². The fourth-order valence-corrected chi connectivity index (χ4v) is 2.43. The second-order valence-corrected chi connectivity index (χ2v) is 5.72. The Bertz CT molecular complexity index is 707. The van der Waals surface area contributed by atoms with Crippen molar-refractivity contribution in [1.82, 2.24) is 30.3 Å². The monoisotopic (exact) mass is 351 g/mol. The van der Waals surface area contributed by atoms with Gasteiger partial charge in [-0.05, 0) is 26.2 Å². The summed E-state index contributed by atoms with van der Waals surface area (Å²) in [5.74, 6) is 0.115. The number of nitrogens with zero attached hydrogens (tertiary/aromatic N) is 5. The van der Waals surface area contributed by atoms with Gasteiger partial charge in [0, 0.05) is 26.2 Å². The third-order valence-corrected chi connectivity index (χ3v) is 3.86. The van der Waals surface area contributed by atoms with Gasteiger partial charge in [0.2, 0.25) is 0 Å². The largest absolute Gasteiger partial charge is 0.354 e. The Morgan fingerprint density at radius 2 is 1.96 bits per heavy atom. The Hall–Kier alpha value is -2.55. The average molecular weight is 351 g/mol. The lowest BCUT2D eigenvalue weighted by molar-refractivity contribution is 0.282. The zero-order valence-corrected chi connectivity index (χ0v) is 14.8. The molecule has 2 rings (SSSR count). The number of likely N-dealkylation sites (N-methyl/N-ethyl adjacent to an activating group) is 1. The van der Waals surface area contributed by atoms with E-state index in [0.717, 1.165) is 5.82 Å². The number of halogens is 2. The van der Waals surface area contributed by atoms with Crippen molar-refractivity contribution < 1.29 is 8.78 Å². The highest BCUT2D eigenvalue weighted by Crippen LogP contribution is 2.23. The summed E-state index contributed by atoms with van der Waals surface area (Å²) in [6.45, 7) is 0.709. The third kappa shape index (κ3) is 4.72. The van der Waals surface area contributed by atoms with Gasteiger partial charge >= 0.3 is 0 Å². The second-order valence-electron chi connectivity index (χ2n) is 5.72. The minimum Gasteiger partial charge on any atom is -0.354 e. The zero-order valence-electron chi connectivity index (χ0n) is 14.8. The second kappa shape index (κ2) is 8.52. The van der Waals surface area contributed by atoms with Gasteiger partial charge in [-0.25, -0.2) is 13.8 Å². The van der Waals surface area contributed by atoms with Crippen molar-refractivity contribution in [3.8, 4) is 0 Å². The van der Waals surface area contributed by atoms with Crippen molar-refractivity contribution in [2.24, 2.45) is 12.0 Å². The molecule has 136 valence electrons. The van der Waals surface area contributed by atoms with Gasteiger partial charge in [-0.1, -0.05) is 6.07 Å². The van der Waals surface area contributed by atoms with E-state index in [9.17, 15) is 8.78 Å². The van der Waals surface area contributed by atoms with Gasteiger partial charge in [0.25, 0.3) is 0 Å². The van der Waals surface area contributed by atoms with Crippen LogP contribution in [0.2, 0.25) is 0 Å². The molecule has 0 saturated carbocycles. The molecule has 2 N–H and O–H groups in total. The molecule has 0 aliphatic carbocycles. The Morgan fingerprint density at radius 3 is 2.48 bits per heavy atom. The first kappa shape index (κ1) is 18.8. The van der Waals surface area contributed by atoms with Crippen LogP contribution in [0.3, 0.4) is 0 Å². The highest BCUT2D eigenvalue weighted by atomic mass is 19.1. The number of rotatable bonds is 6. The summed E-state index contributed by atoms with van der Waals surface area (Å²) in [5, 5.41) is 10.2. The smallest absolute Gasteiger partial charge is 0.191 e. The van der Waals surface area contributed by atoms with E-state index in [2.05, 4.69) is 25.7 Å². The van der Waals surface area contributed by atoms with Crippen molar-refractivity contribution in [3.05, 3.63) is 47.5 Å². The molecule has 1 atom stereocenters. The SMILES string of the molecule is CN=C(NCc1ncnn1C)NCC(c1c(F)cccc1F)N(C)C. The first-order valence-electron chi connectivity index (χ1n) is 7.81. The lowest BCUT2D eigenvalue weighted by Gasteiger charge is -2.26. The van der Waals surface area contributed by atoms with Gasteiger partial charge in [-0.3, -0.25) is 9.67 Å². The van der Waals surface area contributed by atoms with E-state index >= 15 is 0 Å². The summed E-state index contributed by atoms with van der Waals surface area (Å²) in [6, 6.07) is 3.39. The number of aryl methyl sites for hydroxylation is 1. The van der Waals surface area contributed by atoms with E-state index in [0.29, 0.717) is 12.5 Å². The lowest BCUT2D eigenvalue weighted by Crippen LogP contribution is -2.42. The standard InChI is InChI=1S/C16H23F2N7/c1-19-16(21-9-14-22-10-23-25(14)4)20-8-13(24(2)3)15-11(17)6-5-7-12(15)18/h5-7,10,13H,8-9H2,1-4H3,(H2,19,20,21).